The van der Waals surface area contributed by atoms with Crippen molar-refractivity contribution < 1.29 is 4.79 Å². The molecule has 0 aromatic heterocycles. The van der Waals surface area contributed by atoms with Crippen LogP contribution >= 0.6 is 0 Å². The smallest absolute Gasteiger partial charge is 0.231 e. The topological polar surface area (TPSA) is 20.3 Å². The van der Waals surface area contributed by atoms with Crippen LogP contribution in [0.5, 0.6) is 0 Å². The van der Waals surface area contributed by atoms with Crippen LogP contribution in [0.3, 0.4) is 0 Å². The van der Waals surface area contributed by atoms with Gasteiger partial charge in [-0.3, -0.25) is 4.79 Å². The predicted molar refractivity (Wildman–Crippen MR) is 91.1 cm³/mol. The zero-order valence-corrected chi connectivity index (χ0v) is 13.7. The molecule has 1 aliphatic heterocycles. The van der Waals surface area contributed by atoms with Crippen LogP contribution in [-0.2, 0) is 4.79 Å². The Hall–Kier alpha value is -2.09. The first kappa shape index (κ1) is 14.8. The molecule has 2 heteroatoms. The molecule has 1 amide bonds. The first-order valence-corrected chi connectivity index (χ1v) is 7.82. The molecule has 0 radical (unpaired) electrons. The Labute approximate surface area is 132 Å². The molecular formula is C20H23NO. The van der Waals surface area contributed by atoms with Gasteiger partial charge in [-0.15, -0.1) is 0 Å². The van der Waals surface area contributed by atoms with Crippen molar-refractivity contribution in [3.8, 4) is 0 Å². The molecule has 0 spiro atoms. The Morgan fingerprint density at radius 1 is 0.909 bits per heavy atom. The van der Waals surface area contributed by atoms with Crippen LogP contribution in [0.4, 0.5) is 5.69 Å². The number of hydrogen-bond donors (Lipinski definition) is 0. The van der Waals surface area contributed by atoms with E-state index < -0.39 is 0 Å². The Kier molecular flexibility index (Phi) is 3.56. The Balaban J connectivity index is 2.25. The van der Waals surface area contributed by atoms with Gasteiger partial charge in [-0.2, -0.15) is 0 Å². The lowest BCUT2D eigenvalue weighted by molar-refractivity contribution is -0.126. The summed E-state index contributed by atoms with van der Waals surface area (Å²) in [6.07, 6.45) is 0. The number of rotatable bonds is 1. The van der Waals surface area contributed by atoms with Gasteiger partial charge in [0, 0.05) is 18.7 Å². The van der Waals surface area contributed by atoms with Gasteiger partial charge < -0.3 is 4.90 Å². The van der Waals surface area contributed by atoms with Crippen molar-refractivity contribution in [1.29, 1.82) is 0 Å². The highest BCUT2D eigenvalue weighted by Crippen LogP contribution is 2.49. The minimum Gasteiger partial charge on any atom is -0.315 e. The molecule has 0 saturated carbocycles. The van der Waals surface area contributed by atoms with E-state index in [1.54, 1.807) is 0 Å². The quantitative estimate of drug-likeness (QED) is 0.760. The summed E-state index contributed by atoms with van der Waals surface area (Å²) in [5.41, 5.74) is 3.40. The average Bonchev–Trinajstić information content (AvgIpc) is 2.50. The fourth-order valence-corrected chi connectivity index (χ4v) is 3.61. The normalized spacial score (nSPS) is 21.6. The van der Waals surface area contributed by atoms with Crippen LogP contribution < -0.4 is 4.90 Å². The van der Waals surface area contributed by atoms with Gasteiger partial charge in [0.05, 0.1) is 5.92 Å². The minimum absolute atomic E-state index is 0.0604. The molecule has 2 nitrogen and oxygen atoms in total. The fourth-order valence-electron chi connectivity index (χ4n) is 3.61. The summed E-state index contributed by atoms with van der Waals surface area (Å²) < 4.78 is 0. The van der Waals surface area contributed by atoms with Gasteiger partial charge in [0.25, 0.3) is 0 Å². The average molecular weight is 293 g/mol. The highest BCUT2D eigenvalue weighted by molar-refractivity contribution is 5.99. The monoisotopic (exact) mass is 293 g/mol. The molecule has 0 saturated heterocycles. The zero-order chi connectivity index (χ0) is 15.9. The summed E-state index contributed by atoms with van der Waals surface area (Å²) >= 11 is 0. The molecule has 0 aliphatic carbocycles. The third kappa shape index (κ3) is 2.33. The molecule has 2 aromatic carbocycles. The van der Waals surface area contributed by atoms with Crippen LogP contribution in [0.25, 0.3) is 0 Å². The SMILES string of the molecule is CN1C(=O)[C@H](C(C)(C)C)[C@H](c2ccccc2)c2ccccc21. The Bertz CT molecular complexity index is 684. The van der Waals surface area contributed by atoms with E-state index in [0.717, 1.165) is 5.69 Å². The van der Waals surface area contributed by atoms with Crippen molar-refractivity contribution >= 4 is 11.6 Å². The summed E-state index contributed by atoms with van der Waals surface area (Å²) in [4.78, 5) is 14.9. The number of fused-ring (bicyclic) bond motifs is 1. The van der Waals surface area contributed by atoms with E-state index in [1.807, 2.05) is 30.1 Å². The van der Waals surface area contributed by atoms with Crippen LogP contribution in [-0.4, -0.2) is 13.0 Å². The number of anilines is 1. The molecular weight excluding hydrogens is 270 g/mol. The number of nitrogens with zero attached hydrogens (tertiary/aromatic N) is 1. The zero-order valence-electron chi connectivity index (χ0n) is 13.7. The maximum atomic E-state index is 13.0. The first-order valence-electron chi connectivity index (χ1n) is 7.82. The van der Waals surface area contributed by atoms with Crippen molar-refractivity contribution in [3.63, 3.8) is 0 Å². The highest BCUT2D eigenvalue weighted by Gasteiger charge is 2.45. The van der Waals surface area contributed by atoms with Gasteiger partial charge in [-0.05, 0) is 22.6 Å². The number of benzene rings is 2. The van der Waals surface area contributed by atoms with Crippen molar-refractivity contribution in [2.24, 2.45) is 11.3 Å². The number of para-hydroxylation sites is 1. The summed E-state index contributed by atoms with van der Waals surface area (Å²) in [6, 6.07) is 18.7. The minimum atomic E-state index is -0.0978. The summed E-state index contributed by atoms with van der Waals surface area (Å²) in [5, 5.41) is 0. The Morgan fingerprint density at radius 2 is 1.50 bits per heavy atom. The molecule has 0 bridgehead atoms. The number of carbonyl (C=O) groups excluding carboxylic acids is 1. The van der Waals surface area contributed by atoms with Gasteiger partial charge in [0.15, 0.2) is 0 Å². The largest absolute Gasteiger partial charge is 0.315 e. The molecule has 1 heterocycles. The van der Waals surface area contributed by atoms with E-state index in [-0.39, 0.29) is 23.2 Å². The van der Waals surface area contributed by atoms with Crippen molar-refractivity contribution in [2.45, 2.75) is 26.7 Å². The van der Waals surface area contributed by atoms with Crippen LogP contribution in [0.2, 0.25) is 0 Å². The lowest BCUT2D eigenvalue weighted by Crippen LogP contribution is -2.46. The maximum absolute atomic E-state index is 13.0. The van der Waals surface area contributed by atoms with Crippen LogP contribution in [0.15, 0.2) is 54.6 Å². The maximum Gasteiger partial charge on any atom is 0.231 e. The van der Waals surface area contributed by atoms with Crippen LogP contribution in [0.1, 0.15) is 37.8 Å². The van der Waals surface area contributed by atoms with E-state index >= 15 is 0 Å². The van der Waals surface area contributed by atoms with Gasteiger partial charge in [-0.1, -0.05) is 69.3 Å². The highest BCUT2D eigenvalue weighted by atomic mass is 16.2. The van der Waals surface area contributed by atoms with Gasteiger partial charge in [0.2, 0.25) is 5.91 Å². The predicted octanol–water partition coefficient (Wildman–Crippen LogP) is 4.46. The van der Waals surface area contributed by atoms with Gasteiger partial charge in [0.1, 0.15) is 0 Å². The van der Waals surface area contributed by atoms with E-state index in [0.29, 0.717) is 0 Å². The third-order valence-electron chi connectivity index (χ3n) is 4.65. The Morgan fingerprint density at radius 3 is 2.14 bits per heavy atom. The number of carbonyl (C=O) groups is 1. The van der Waals surface area contributed by atoms with E-state index in [2.05, 4.69) is 57.2 Å². The van der Waals surface area contributed by atoms with Crippen molar-refractivity contribution in [2.75, 3.05) is 11.9 Å². The number of amides is 1. The lowest BCUT2D eigenvalue weighted by atomic mass is 9.65. The van der Waals surface area contributed by atoms with Gasteiger partial charge in [-0.25, -0.2) is 0 Å². The van der Waals surface area contributed by atoms with E-state index in [4.69, 9.17) is 0 Å². The summed E-state index contributed by atoms with van der Waals surface area (Å²) in [6.45, 7) is 6.48. The first-order chi connectivity index (χ1) is 10.4. The molecule has 1 aliphatic rings. The van der Waals surface area contributed by atoms with Crippen molar-refractivity contribution in [3.05, 3.63) is 65.7 Å². The summed E-state index contributed by atoms with van der Waals surface area (Å²) in [7, 11) is 1.89. The lowest BCUT2D eigenvalue weighted by Gasteiger charge is -2.44. The summed E-state index contributed by atoms with van der Waals surface area (Å²) in [5.74, 6) is 0.260. The second-order valence-corrected chi connectivity index (χ2v) is 7.19. The number of hydrogen-bond acceptors (Lipinski definition) is 1. The molecule has 0 fully saturated rings. The molecule has 2 aromatic rings. The van der Waals surface area contributed by atoms with Crippen molar-refractivity contribution in [1.82, 2.24) is 0 Å². The molecule has 114 valence electrons. The third-order valence-corrected chi connectivity index (χ3v) is 4.65. The van der Waals surface area contributed by atoms with E-state index in [1.165, 1.54) is 11.1 Å². The molecule has 0 N–H and O–H groups in total. The fraction of sp³-hybridized carbons (Fsp3) is 0.350. The van der Waals surface area contributed by atoms with E-state index in [9.17, 15) is 4.79 Å². The molecule has 0 unspecified atom stereocenters. The van der Waals surface area contributed by atoms with Crippen LogP contribution in [0, 0.1) is 11.3 Å². The molecule has 2 atom stereocenters. The second kappa shape index (κ2) is 5.28. The van der Waals surface area contributed by atoms with Gasteiger partial charge >= 0.3 is 0 Å². The second-order valence-electron chi connectivity index (χ2n) is 7.19. The standard InChI is InChI=1S/C20H23NO/c1-20(2,3)18-17(14-10-6-5-7-11-14)15-12-8-9-13-16(15)21(4)19(18)22/h5-13,17-18H,1-4H3/t17-,18-/m1/s1. The molecule has 22 heavy (non-hydrogen) atoms. The molecule has 3 rings (SSSR count).